The van der Waals surface area contributed by atoms with Gasteiger partial charge in [0.15, 0.2) is 0 Å². The molecule has 0 aromatic carbocycles. The molecule has 2 heteroatoms. The fourth-order valence-corrected chi connectivity index (χ4v) is 1.79. The molecule has 0 aliphatic rings. The van der Waals surface area contributed by atoms with Crippen molar-refractivity contribution in [1.29, 1.82) is 0 Å². The molecule has 14 heavy (non-hydrogen) atoms. The van der Waals surface area contributed by atoms with Crippen LogP contribution >= 0.6 is 0 Å². The third-order valence-electron chi connectivity index (χ3n) is 2.92. The number of nitrogens with zero attached hydrogens (tertiary/aromatic N) is 1. The molecule has 1 atom stereocenters. The minimum Gasteiger partial charge on any atom is -0.330 e. The van der Waals surface area contributed by atoms with Crippen LogP contribution in [-0.4, -0.2) is 30.6 Å². The zero-order valence-electron chi connectivity index (χ0n) is 10.6. The molecule has 0 aliphatic carbocycles. The SMILES string of the molecule is CCCC(C)N(CC)CC(C)(C)CN. The Bertz CT molecular complexity index is 143. The molecule has 0 radical (unpaired) electrons. The average molecular weight is 200 g/mol. The van der Waals surface area contributed by atoms with E-state index in [0.717, 1.165) is 19.6 Å². The fraction of sp³-hybridized carbons (Fsp3) is 1.00. The van der Waals surface area contributed by atoms with Gasteiger partial charge in [-0.3, -0.25) is 0 Å². The van der Waals surface area contributed by atoms with Crippen molar-refractivity contribution in [2.24, 2.45) is 11.1 Å². The zero-order valence-corrected chi connectivity index (χ0v) is 10.6. The van der Waals surface area contributed by atoms with Gasteiger partial charge in [-0.2, -0.15) is 0 Å². The third-order valence-corrected chi connectivity index (χ3v) is 2.92. The van der Waals surface area contributed by atoms with Gasteiger partial charge in [0.1, 0.15) is 0 Å². The lowest BCUT2D eigenvalue weighted by atomic mass is 9.92. The normalized spacial score (nSPS) is 14.8. The summed E-state index contributed by atoms with van der Waals surface area (Å²) in [5, 5.41) is 0. The van der Waals surface area contributed by atoms with Gasteiger partial charge in [0.05, 0.1) is 0 Å². The van der Waals surface area contributed by atoms with Crippen molar-refractivity contribution in [1.82, 2.24) is 4.90 Å². The molecular weight excluding hydrogens is 172 g/mol. The summed E-state index contributed by atoms with van der Waals surface area (Å²) in [6.07, 6.45) is 2.55. The quantitative estimate of drug-likeness (QED) is 0.684. The van der Waals surface area contributed by atoms with Crippen molar-refractivity contribution in [3.05, 3.63) is 0 Å². The molecular formula is C12H28N2. The van der Waals surface area contributed by atoms with E-state index in [1.54, 1.807) is 0 Å². The molecule has 0 amide bonds. The van der Waals surface area contributed by atoms with Crippen molar-refractivity contribution >= 4 is 0 Å². The lowest BCUT2D eigenvalue weighted by Gasteiger charge is -2.35. The van der Waals surface area contributed by atoms with Crippen LogP contribution in [0.5, 0.6) is 0 Å². The fourth-order valence-electron chi connectivity index (χ4n) is 1.79. The Morgan fingerprint density at radius 3 is 2.21 bits per heavy atom. The molecule has 0 aromatic rings. The van der Waals surface area contributed by atoms with E-state index in [1.807, 2.05) is 0 Å². The molecule has 2 N–H and O–H groups in total. The molecule has 86 valence electrons. The lowest BCUT2D eigenvalue weighted by molar-refractivity contribution is 0.141. The number of hydrogen-bond acceptors (Lipinski definition) is 2. The van der Waals surface area contributed by atoms with Crippen LogP contribution in [0.15, 0.2) is 0 Å². The number of hydrogen-bond donors (Lipinski definition) is 1. The highest BCUT2D eigenvalue weighted by Crippen LogP contribution is 2.17. The predicted octanol–water partition coefficient (Wildman–Crippen LogP) is 2.48. The molecule has 0 spiro atoms. The second-order valence-electron chi connectivity index (χ2n) is 5.07. The van der Waals surface area contributed by atoms with E-state index in [2.05, 4.69) is 39.5 Å². The van der Waals surface area contributed by atoms with Crippen molar-refractivity contribution in [3.63, 3.8) is 0 Å². The summed E-state index contributed by atoms with van der Waals surface area (Å²) >= 11 is 0. The molecule has 0 bridgehead atoms. The van der Waals surface area contributed by atoms with Crippen molar-refractivity contribution in [2.45, 2.75) is 53.5 Å². The largest absolute Gasteiger partial charge is 0.330 e. The minimum atomic E-state index is 0.248. The van der Waals surface area contributed by atoms with Gasteiger partial charge in [-0.05, 0) is 31.8 Å². The maximum absolute atomic E-state index is 5.76. The van der Waals surface area contributed by atoms with E-state index in [0.29, 0.717) is 6.04 Å². The number of rotatable bonds is 7. The molecule has 0 aromatic heterocycles. The third kappa shape index (κ3) is 4.97. The Morgan fingerprint density at radius 2 is 1.86 bits per heavy atom. The second-order valence-corrected chi connectivity index (χ2v) is 5.07. The van der Waals surface area contributed by atoms with Gasteiger partial charge in [-0.15, -0.1) is 0 Å². The van der Waals surface area contributed by atoms with E-state index in [9.17, 15) is 0 Å². The molecule has 0 rings (SSSR count). The van der Waals surface area contributed by atoms with E-state index >= 15 is 0 Å². The number of nitrogens with two attached hydrogens (primary N) is 1. The van der Waals surface area contributed by atoms with Crippen LogP contribution in [0.4, 0.5) is 0 Å². The molecule has 0 aliphatic heterocycles. The summed E-state index contributed by atoms with van der Waals surface area (Å²) in [6, 6.07) is 0.691. The Balaban J connectivity index is 4.14. The first-order valence-corrected chi connectivity index (χ1v) is 5.91. The summed E-state index contributed by atoms with van der Waals surface area (Å²) in [7, 11) is 0. The molecule has 1 unspecified atom stereocenters. The standard InChI is InChI=1S/C12H28N2/c1-6-8-11(3)14(7-2)10-12(4,5)9-13/h11H,6-10,13H2,1-5H3. The van der Waals surface area contributed by atoms with Gasteiger partial charge >= 0.3 is 0 Å². The van der Waals surface area contributed by atoms with Gasteiger partial charge in [-0.25, -0.2) is 0 Å². The van der Waals surface area contributed by atoms with Gasteiger partial charge < -0.3 is 10.6 Å². The molecule has 0 saturated heterocycles. The summed E-state index contributed by atoms with van der Waals surface area (Å²) < 4.78 is 0. The Labute approximate surface area is 89.9 Å². The average Bonchev–Trinajstić information content (AvgIpc) is 2.14. The Hall–Kier alpha value is -0.0800. The monoisotopic (exact) mass is 200 g/mol. The van der Waals surface area contributed by atoms with E-state index in [-0.39, 0.29) is 5.41 Å². The second kappa shape index (κ2) is 6.41. The highest BCUT2D eigenvalue weighted by molar-refractivity contribution is 4.77. The minimum absolute atomic E-state index is 0.248. The highest BCUT2D eigenvalue weighted by atomic mass is 15.1. The van der Waals surface area contributed by atoms with Crippen molar-refractivity contribution in [3.8, 4) is 0 Å². The van der Waals surface area contributed by atoms with Crippen molar-refractivity contribution < 1.29 is 0 Å². The van der Waals surface area contributed by atoms with Gasteiger partial charge in [0.2, 0.25) is 0 Å². The summed E-state index contributed by atoms with van der Waals surface area (Å²) in [5.74, 6) is 0. The lowest BCUT2D eigenvalue weighted by Crippen LogP contribution is -2.43. The van der Waals surface area contributed by atoms with Gasteiger partial charge in [-0.1, -0.05) is 34.1 Å². The topological polar surface area (TPSA) is 29.3 Å². The smallest absolute Gasteiger partial charge is 0.00669 e. The van der Waals surface area contributed by atoms with Crippen LogP contribution in [-0.2, 0) is 0 Å². The van der Waals surface area contributed by atoms with Gasteiger partial charge in [0, 0.05) is 12.6 Å². The van der Waals surface area contributed by atoms with E-state index in [4.69, 9.17) is 5.73 Å². The van der Waals surface area contributed by atoms with Crippen molar-refractivity contribution in [2.75, 3.05) is 19.6 Å². The molecule has 0 saturated carbocycles. The Kier molecular flexibility index (Phi) is 6.38. The van der Waals surface area contributed by atoms with Crippen LogP contribution in [0.3, 0.4) is 0 Å². The predicted molar refractivity (Wildman–Crippen MR) is 64.5 cm³/mol. The van der Waals surface area contributed by atoms with Crippen LogP contribution in [0.25, 0.3) is 0 Å². The summed E-state index contributed by atoms with van der Waals surface area (Å²) in [4.78, 5) is 2.54. The maximum Gasteiger partial charge on any atom is 0.00669 e. The molecule has 2 nitrogen and oxygen atoms in total. The molecule has 0 heterocycles. The zero-order chi connectivity index (χ0) is 11.2. The highest BCUT2D eigenvalue weighted by Gasteiger charge is 2.21. The maximum atomic E-state index is 5.76. The van der Waals surface area contributed by atoms with Crippen LogP contribution in [0.1, 0.15) is 47.5 Å². The van der Waals surface area contributed by atoms with Crippen LogP contribution in [0.2, 0.25) is 0 Å². The first-order valence-electron chi connectivity index (χ1n) is 5.91. The first kappa shape index (κ1) is 13.9. The van der Waals surface area contributed by atoms with E-state index < -0.39 is 0 Å². The van der Waals surface area contributed by atoms with E-state index in [1.165, 1.54) is 12.8 Å². The Morgan fingerprint density at radius 1 is 1.29 bits per heavy atom. The summed E-state index contributed by atoms with van der Waals surface area (Å²) in [5.41, 5.74) is 6.00. The first-order chi connectivity index (χ1) is 6.46. The summed E-state index contributed by atoms with van der Waals surface area (Å²) in [6.45, 7) is 14.3. The van der Waals surface area contributed by atoms with Crippen LogP contribution < -0.4 is 5.73 Å². The molecule has 0 fully saturated rings. The van der Waals surface area contributed by atoms with Crippen LogP contribution in [0, 0.1) is 5.41 Å². The van der Waals surface area contributed by atoms with Gasteiger partial charge in [0.25, 0.3) is 0 Å².